The van der Waals surface area contributed by atoms with Gasteiger partial charge in [-0.15, -0.1) is 0 Å². The number of aliphatic hydroxyl groups is 1. The molecule has 0 spiro atoms. The zero-order chi connectivity index (χ0) is 21.1. The van der Waals surface area contributed by atoms with Crippen LogP contribution in [0.5, 0.6) is 0 Å². The van der Waals surface area contributed by atoms with Crippen molar-refractivity contribution in [1.82, 2.24) is 30.4 Å². The summed E-state index contributed by atoms with van der Waals surface area (Å²) in [6.07, 6.45) is 1.63. The molecule has 10 heteroatoms. The number of hydrogen-bond acceptors (Lipinski definition) is 7. The number of hydrogen-bond donors (Lipinski definition) is 3. The van der Waals surface area contributed by atoms with Crippen LogP contribution in [0.1, 0.15) is 40.4 Å². The lowest BCUT2D eigenvalue weighted by molar-refractivity contribution is 0.0933. The number of nitrogens with one attached hydrogen (secondary N) is 2. The molecule has 1 amide bonds. The van der Waals surface area contributed by atoms with Crippen LogP contribution in [0.3, 0.4) is 0 Å². The molecule has 3 aromatic heterocycles. The molecule has 154 valence electrons. The first-order valence-electron chi connectivity index (χ1n) is 9.31. The molecule has 0 radical (unpaired) electrons. The van der Waals surface area contributed by atoms with Crippen molar-refractivity contribution in [2.75, 3.05) is 6.61 Å². The van der Waals surface area contributed by atoms with E-state index < -0.39 is 18.6 Å². The van der Waals surface area contributed by atoms with Crippen molar-refractivity contribution in [3.63, 3.8) is 0 Å². The van der Waals surface area contributed by atoms with Gasteiger partial charge in [0.25, 0.3) is 5.91 Å². The molecule has 9 nitrogen and oxygen atoms in total. The van der Waals surface area contributed by atoms with Gasteiger partial charge < -0.3 is 19.9 Å². The smallest absolute Gasteiger partial charge is 0.270 e. The zero-order valence-corrected chi connectivity index (χ0v) is 16.1. The highest BCUT2D eigenvalue weighted by Crippen LogP contribution is 2.24. The molecule has 0 saturated heterocycles. The van der Waals surface area contributed by atoms with Crippen molar-refractivity contribution >= 4 is 16.9 Å². The number of halogens is 1. The fraction of sp³-hybridized carbons (Fsp3) is 0.250. The second kappa shape index (κ2) is 8.37. The van der Waals surface area contributed by atoms with Gasteiger partial charge in [-0.3, -0.25) is 4.79 Å². The first kappa shape index (κ1) is 19.6. The van der Waals surface area contributed by atoms with Crippen molar-refractivity contribution in [3.05, 3.63) is 59.3 Å². The number of aliphatic hydroxyl groups excluding tert-OH is 1. The number of alkyl halides is 1. The number of imidazole rings is 1. The Morgan fingerprint density at radius 1 is 1.30 bits per heavy atom. The second-order valence-electron chi connectivity index (χ2n) is 6.75. The number of carbonyl (C=O) groups is 1. The van der Waals surface area contributed by atoms with E-state index >= 15 is 0 Å². The topological polar surface area (TPSA) is 130 Å². The third-order valence-electron chi connectivity index (χ3n) is 4.58. The Hall–Kier alpha value is -3.66. The molecular formula is C20H19FN6O3. The molecule has 3 heterocycles. The molecule has 30 heavy (non-hydrogen) atoms. The summed E-state index contributed by atoms with van der Waals surface area (Å²) in [6.45, 7) is 1.15. The number of fused-ring (bicyclic) bond motifs is 1. The number of amides is 1. The molecule has 0 bridgehead atoms. The first-order valence-corrected chi connectivity index (χ1v) is 9.31. The van der Waals surface area contributed by atoms with E-state index in [9.17, 15) is 9.18 Å². The summed E-state index contributed by atoms with van der Waals surface area (Å²) in [5.41, 5.74) is 3.22. The first-order chi connectivity index (χ1) is 14.6. The highest BCUT2D eigenvalue weighted by molar-refractivity contribution is 5.92. The summed E-state index contributed by atoms with van der Waals surface area (Å²) in [6, 6.07) is 7.86. The van der Waals surface area contributed by atoms with Crippen LogP contribution in [0, 0.1) is 0 Å². The SMILES string of the molecule is C[C@H](NC(=O)c1cc(CCO)ncn1)c1cc(-c2nc3ccc(CF)cc3[nH]2)on1. The summed E-state index contributed by atoms with van der Waals surface area (Å²) in [5, 5.41) is 15.8. The Labute approximate surface area is 170 Å². The maximum atomic E-state index is 12.8. The van der Waals surface area contributed by atoms with Gasteiger partial charge >= 0.3 is 0 Å². The zero-order valence-electron chi connectivity index (χ0n) is 16.1. The minimum absolute atomic E-state index is 0.0624. The number of rotatable bonds is 7. The molecule has 0 unspecified atom stereocenters. The molecule has 0 fully saturated rings. The molecule has 3 N–H and O–H groups in total. The van der Waals surface area contributed by atoms with E-state index in [0.717, 1.165) is 0 Å². The molecule has 0 aliphatic rings. The highest BCUT2D eigenvalue weighted by atomic mass is 19.1. The third-order valence-corrected chi connectivity index (χ3v) is 4.58. The minimum Gasteiger partial charge on any atom is -0.396 e. The van der Waals surface area contributed by atoms with Crippen LogP contribution in [-0.2, 0) is 13.1 Å². The van der Waals surface area contributed by atoms with Crippen LogP contribution in [0.2, 0.25) is 0 Å². The fourth-order valence-corrected chi connectivity index (χ4v) is 2.98. The summed E-state index contributed by atoms with van der Waals surface area (Å²) in [5.74, 6) is 0.468. The summed E-state index contributed by atoms with van der Waals surface area (Å²) >= 11 is 0. The maximum absolute atomic E-state index is 12.8. The van der Waals surface area contributed by atoms with Crippen LogP contribution in [0.25, 0.3) is 22.6 Å². The van der Waals surface area contributed by atoms with E-state index in [1.54, 1.807) is 31.2 Å². The maximum Gasteiger partial charge on any atom is 0.270 e. The van der Waals surface area contributed by atoms with E-state index in [1.807, 2.05) is 0 Å². The Kier molecular flexibility index (Phi) is 5.48. The molecule has 0 saturated carbocycles. The minimum atomic E-state index is -0.554. The predicted molar refractivity (Wildman–Crippen MR) is 105 cm³/mol. The van der Waals surface area contributed by atoms with Gasteiger partial charge in [0.15, 0.2) is 5.82 Å². The van der Waals surface area contributed by atoms with E-state index in [1.165, 1.54) is 12.4 Å². The van der Waals surface area contributed by atoms with E-state index in [2.05, 4.69) is 30.4 Å². The number of aromatic amines is 1. The molecule has 1 atom stereocenters. The molecule has 4 aromatic rings. The van der Waals surface area contributed by atoms with Crippen molar-refractivity contribution in [2.45, 2.75) is 26.1 Å². The van der Waals surface area contributed by atoms with E-state index in [-0.39, 0.29) is 12.3 Å². The van der Waals surface area contributed by atoms with Gasteiger partial charge in [-0.25, -0.2) is 19.3 Å². The van der Waals surface area contributed by atoms with Gasteiger partial charge in [0.05, 0.1) is 17.1 Å². The number of nitrogens with zero attached hydrogens (tertiary/aromatic N) is 4. The Morgan fingerprint density at radius 2 is 2.17 bits per heavy atom. The predicted octanol–water partition coefficient (Wildman–Crippen LogP) is 2.50. The number of benzene rings is 1. The molecule has 4 rings (SSSR count). The van der Waals surface area contributed by atoms with Crippen LogP contribution in [0.15, 0.2) is 41.2 Å². The summed E-state index contributed by atoms with van der Waals surface area (Å²) < 4.78 is 18.2. The van der Waals surface area contributed by atoms with Crippen molar-refractivity contribution in [2.24, 2.45) is 0 Å². The average molecular weight is 410 g/mol. The molecule has 0 aliphatic carbocycles. The van der Waals surface area contributed by atoms with Gasteiger partial charge in [-0.1, -0.05) is 11.2 Å². The van der Waals surface area contributed by atoms with E-state index in [0.29, 0.717) is 46.0 Å². The van der Waals surface area contributed by atoms with Gasteiger partial charge in [0.2, 0.25) is 5.76 Å². The van der Waals surface area contributed by atoms with Crippen LogP contribution in [0.4, 0.5) is 4.39 Å². The lowest BCUT2D eigenvalue weighted by Crippen LogP contribution is -2.27. The van der Waals surface area contributed by atoms with Crippen molar-refractivity contribution in [1.29, 1.82) is 0 Å². The standard InChI is InChI=1S/C20H19FN6O3/c1-11(24-20(29)17-7-13(4-5-28)22-10-23-17)15-8-18(30-27-15)19-25-14-3-2-12(9-21)6-16(14)26-19/h2-3,6-8,10-11,28H,4-5,9H2,1H3,(H,24,29)(H,25,26)/t11-/m0/s1. The normalized spacial score (nSPS) is 12.2. The Balaban J connectivity index is 1.49. The average Bonchev–Trinajstić information content (AvgIpc) is 3.40. The quantitative estimate of drug-likeness (QED) is 0.427. The second-order valence-corrected chi connectivity index (χ2v) is 6.75. The number of carbonyl (C=O) groups excluding carboxylic acids is 1. The summed E-state index contributed by atoms with van der Waals surface area (Å²) in [7, 11) is 0. The third kappa shape index (κ3) is 4.03. The van der Waals surface area contributed by atoms with Gasteiger partial charge in [0, 0.05) is 24.8 Å². The molecule has 0 aliphatic heterocycles. The Morgan fingerprint density at radius 3 is 2.97 bits per heavy atom. The Bertz CT molecular complexity index is 1190. The number of aromatic nitrogens is 5. The largest absolute Gasteiger partial charge is 0.396 e. The number of H-pyrrole nitrogens is 1. The van der Waals surface area contributed by atoms with Crippen LogP contribution < -0.4 is 5.32 Å². The fourth-order valence-electron chi connectivity index (χ4n) is 2.98. The van der Waals surface area contributed by atoms with Crippen molar-refractivity contribution < 1.29 is 18.8 Å². The monoisotopic (exact) mass is 410 g/mol. The molecular weight excluding hydrogens is 391 g/mol. The van der Waals surface area contributed by atoms with Gasteiger partial charge in [-0.05, 0) is 30.7 Å². The highest BCUT2D eigenvalue weighted by Gasteiger charge is 2.19. The lowest BCUT2D eigenvalue weighted by atomic mass is 10.2. The van der Waals surface area contributed by atoms with E-state index in [4.69, 9.17) is 9.63 Å². The summed E-state index contributed by atoms with van der Waals surface area (Å²) in [4.78, 5) is 28.0. The lowest BCUT2D eigenvalue weighted by Gasteiger charge is -2.10. The van der Waals surface area contributed by atoms with Gasteiger partial charge in [0.1, 0.15) is 24.4 Å². The molecule has 1 aromatic carbocycles. The van der Waals surface area contributed by atoms with Gasteiger partial charge in [-0.2, -0.15) is 0 Å². The van der Waals surface area contributed by atoms with Crippen LogP contribution in [-0.4, -0.2) is 42.7 Å². The van der Waals surface area contributed by atoms with Crippen LogP contribution >= 0.6 is 0 Å². The van der Waals surface area contributed by atoms with Crippen molar-refractivity contribution in [3.8, 4) is 11.6 Å².